The first-order valence-electron chi connectivity index (χ1n) is 9.16. The van der Waals surface area contributed by atoms with Gasteiger partial charge in [0.1, 0.15) is 11.9 Å². The van der Waals surface area contributed by atoms with Crippen LogP contribution < -0.4 is 5.32 Å². The van der Waals surface area contributed by atoms with Crippen LogP contribution in [0.2, 0.25) is 0 Å². The molecule has 154 valence electrons. The minimum absolute atomic E-state index is 0.0837. The second-order valence-corrected chi connectivity index (χ2v) is 6.71. The minimum atomic E-state index is -0.709. The third-order valence-corrected chi connectivity index (χ3v) is 4.70. The Morgan fingerprint density at radius 1 is 0.903 bits per heavy atom. The van der Waals surface area contributed by atoms with Crippen molar-refractivity contribution in [2.45, 2.75) is 6.04 Å². The molecule has 0 bridgehead atoms. The standard InChI is InChI=1S/C21H15N5O5/c27-21(14-7-4-8-15(11-14)25(28)29)24-19(13-5-2-1-3-6-13)20-22-17-10-9-16(26(30)31)12-18(17)23-20/h1-12,19H,(H,22,23)(H,24,27). The SMILES string of the molecule is O=C(NC(c1ccccc1)c1nc2ccc([N+](=O)[O-])cc2[nH]1)c1cccc([N+](=O)[O-])c1. The number of rotatable bonds is 6. The molecule has 0 fully saturated rings. The smallest absolute Gasteiger partial charge is 0.271 e. The van der Waals surface area contributed by atoms with Gasteiger partial charge in [0.25, 0.3) is 17.3 Å². The monoisotopic (exact) mass is 417 g/mol. The van der Waals surface area contributed by atoms with Crippen molar-refractivity contribution in [2.24, 2.45) is 0 Å². The van der Waals surface area contributed by atoms with Gasteiger partial charge >= 0.3 is 0 Å². The van der Waals surface area contributed by atoms with E-state index in [1.807, 2.05) is 6.07 Å². The summed E-state index contributed by atoms with van der Waals surface area (Å²) in [5, 5.41) is 24.9. The summed E-state index contributed by atoms with van der Waals surface area (Å²) >= 11 is 0. The van der Waals surface area contributed by atoms with Crippen molar-refractivity contribution in [3.05, 3.63) is 110 Å². The third-order valence-electron chi connectivity index (χ3n) is 4.70. The van der Waals surface area contributed by atoms with Crippen LogP contribution >= 0.6 is 0 Å². The fourth-order valence-electron chi connectivity index (χ4n) is 3.20. The number of nitro benzene ring substituents is 2. The fourth-order valence-corrected chi connectivity index (χ4v) is 3.20. The maximum atomic E-state index is 12.9. The number of non-ortho nitro benzene ring substituents is 2. The van der Waals surface area contributed by atoms with Crippen LogP contribution in [0.5, 0.6) is 0 Å². The number of carbonyl (C=O) groups excluding carboxylic acids is 1. The van der Waals surface area contributed by atoms with Gasteiger partial charge in [-0.3, -0.25) is 25.0 Å². The molecule has 4 aromatic rings. The van der Waals surface area contributed by atoms with E-state index in [4.69, 9.17) is 0 Å². The molecule has 1 aromatic heterocycles. The second kappa shape index (κ2) is 8.03. The highest BCUT2D eigenvalue weighted by Crippen LogP contribution is 2.25. The van der Waals surface area contributed by atoms with Crippen LogP contribution in [-0.2, 0) is 0 Å². The van der Waals surface area contributed by atoms with Crippen LogP contribution in [0.25, 0.3) is 11.0 Å². The Kier molecular flexibility index (Phi) is 5.10. The number of hydrogen-bond acceptors (Lipinski definition) is 6. The molecule has 4 rings (SSSR count). The summed E-state index contributed by atoms with van der Waals surface area (Å²) in [7, 11) is 0. The molecular formula is C21H15N5O5. The Bertz CT molecular complexity index is 1300. The molecule has 1 unspecified atom stereocenters. The van der Waals surface area contributed by atoms with E-state index in [1.165, 1.54) is 42.5 Å². The minimum Gasteiger partial charge on any atom is -0.340 e. The van der Waals surface area contributed by atoms with Crippen LogP contribution in [0.3, 0.4) is 0 Å². The number of nitrogens with one attached hydrogen (secondary N) is 2. The Morgan fingerprint density at radius 2 is 1.61 bits per heavy atom. The predicted octanol–water partition coefficient (Wildman–Crippen LogP) is 3.90. The van der Waals surface area contributed by atoms with Crippen LogP contribution in [0.15, 0.2) is 72.8 Å². The maximum absolute atomic E-state index is 12.9. The van der Waals surface area contributed by atoms with Crippen molar-refractivity contribution in [2.75, 3.05) is 0 Å². The van der Waals surface area contributed by atoms with Gasteiger partial charge in [0, 0.05) is 29.8 Å². The van der Waals surface area contributed by atoms with Gasteiger partial charge in [-0.1, -0.05) is 36.4 Å². The molecular weight excluding hydrogens is 402 g/mol. The lowest BCUT2D eigenvalue weighted by Crippen LogP contribution is -2.30. The average molecular weight is 417 g/mol. The van der Waals surface area contributed by atoms with E-state index in [2.05, 4.69) is 15.3 Å². The number of aromatic amines is 1. The Hall–Kier alpha value is -4.60. The lowest BCUT2D eigenvalue weighted by atomic mass is 10.1. The molecule has 0 aliphatic heterocycles. The van der Waals surface area contributed by atoms with E-state index in [-0.39, 0.29) is 16.9 Å². The molecule has 2 N–H and O–H groups in total. The van der Waals surface area contributed by atoms with E-state index in [0.29, 0.717) is 16.9 Å². The summed E-state index contributed by atoms with van der Waals surface area (Å²) in [5.74, 6) is -0.149. The molecule has 0 spiro atoms. The third kappa shape index (κ3) is 4.08. The van der Waals surface area contributed by atoms with E-state index in [0.717, 1.165) is 5.56 Å². The molecule has 10 nitrogen and oxygen atoms in total. The normalized spacial score (nSPS) is 11.7. The summed E-state index contributed by atoms with van der Waals surface area (Å²) in [5.41, 5.74) is 1.53. The summed E-state index contributed by atoms with van der Waals surface area (Å²) in [4.78, 5) is 41.4. The molecule has 0 saturated heterocycles. The summed E-state index contributed by atoms with van der Waals surface area (Å²) in [6.07, 6.45) is 0. The molecule has 3 aromatic carbocycles. The number of carbonyl (C=O) groups is 1. The lowest BCUT2D eigenvalue weighted by Gasteiger charge is -2.17. The molecule has 10 heteroatoms. The van der Waals surface area contributed by atoms with Crippen LogP contribution in [0.4, 0.5) is 11.4 Å². The average Bonchev–Trinajstić information content (AvgIpc) is 3.21. The number of aromatic nitrogens is 2. The highest BCUT2D eigenvalue weighted by molar-refractivity contribution is 5.95. The van der Waals surface area contributed by atoms with Crippen molar-refractivity contribution < 1.29 is 14.6 Å². The Balaban J connectivity index is 1.73. The molecule has 0 aliphatic carbocycles. The number of nitrogens with zero attached hydrogens (tertiary/aromatic N) is 3. The fraction of sp³-hybridized carbons (Fsp3) is 0.0476. The second-order valence-electron chi connectivity index (χ2n) is 6.71. The van der Waals surface area contributed by atoms with E-state index in [9.17, 15) is 25.0 Å². The van der Waals surface area contributed by atoms with Gasteiger partial charge in [0.2, 0.25) is 0 Å². The number of benzene rings is 3. The Morgan fingerprint density at radius 3 is 2.32 bits per heavy atom. The van der Waals surface area contributed by atoms with Crippen molar-refractivity contribution in [3.63, 3.8) is 0 Å². The molecule has 31 heavy (non-hydrogen) atoms. The van der Waals surface area contributed by atoms with Crippen molar-refractivity contribution in [1.82, 2.24) is 15.3 Å². The Labute approximate surface area is 174 Å². The summed E-state index contributed by atoms with van der Waals surface area (Å²) in [6.45, 7) is 0. The van der Waals surface area contributed by atoms with Gasteiger partial charge in [-0.2, -0.15) is 0 Å². The quantitative estimate of drug-likeness (QED) is 0.360. The topological polar surface area (TPSA) is 144 Å². The zero-order chi connectivity index (χ0) is 22.0. The molecule has 0 aliphatic rings. The number of nitro groups is 2. The first kappa shape index (κ1) is 19.7. The van der Waals surface area contributed by atoms with Gasteiger partial charge < -0.3 is 10.3 Å². The number of H-pyrrole nitrogens is 1. The molecule has 0 saturated carbocycles. The molecule has 1 heterocycles. The van der Waals surface area contributed by atoms with E-state index < -0.39 is 21.8 Å². The number of imidazole rings is 1. The van der Waals surface area contributed by atoms with Crippen LogP contribution in [0, 0.1) is 20.2 Å². The number of hydrogen-bond donors (Lipinski definition) is 2. The van der Waals surface area contributed by atoms with Gasteiger partial charge in [-0.15, -0.1) is 0 Å². The van der Waals surface area contributed by atoms with Gasteiger partial charge in [-0.25, -0.2) is 4.98 Å². The summed E-state index contributed by atoms with van der Waals surface area (Å²) < 4.78 is 0. The molecule has 1 amide bonds. The first-order chi connectivity index (χ1) is 14.9. The zero-order valence-corrected chi connectivity index (χ0v) is 15.9. The summed E-state index contributed by atoms with van der Waals surface area (Å²) in [6, 6.07) is 18.0. The molecule has 0 radical (unpaired) electrons. The predicted molar refractivity (Wildman–Crippen MR) is 112 cm³/mol. The zero-order valence-electron chi connectivity index (χ0n) is 15.9. The number of amides is 1. The largest absolute Gasteiger partial charge is 0.340 e. The van der Waals surface area contributed by atoms with Crippen LogP contribution in [0.1, 0.15) is 27.8 Å². The van der Waals surface area contributed by atoms with Crippen molar-refractivity contribution >= 4 is 28.3 Å². The van der Waals surface area contributed by atoms with Gasteiger partial charge in [-0.05, 0) is 17.7 Å². The van der Waals surface area contributed by atoms with Crippen LogP contribution in [-0.4, -0.2) is 25.7 Å². The van der Waals surface area contributed by atoms with E-state index in [1.54, 1.807) is 24.3 Å². The first-order valence-corrected chi connectivity index (χ1v) is 9.16. The lowest BCUT2D eigenvalue weighted by molar-refractivity contribution is -0.385. The van der Waals surface area contributed by atoms with Crippen molar-refractivity contribution in [3.8, 4) is 0 Å². The maximum Gasteiger partial charge on any atom is 0.271 e. The van der Waals surface area contributed by atoms with Crippen molar-refractivity contribution in [1.29, 1.82) is 0 Å². The van der Waals surface area contributed by atoms with Gasteiger partial charge in [0.05, 0.1) is 20.9 Å². The van der Waals surface area contributed by atoms with Gasteiger partial charge in [0.15, 0.2) is 0 Å². The highest BCUT2D eigenvalue weighted by Gasteiger charge is 2.22. The number of fused-ring (bicyclic) bond motifs is 1. The molecule has 1 atom stereocenters. The van der Waals surface area contributed by atoms with E-state index >= 15 is 0 Å². The highest BCUT2D eigenvalue weighted by atomic mass is 16.6.